The third-order valence-corrected chi connectivity index (χ3v) is 7.46. The largest absolute Gasteiger partial charge is 0.484 e. The quantitative estimate of drug-likeness (QED) is 0.234. The van der Waals surface area contributed by atoms with Crippen LogP contribution in [0.5, 0.6) is 5.75 Å². The Morgan fingerprint density at radius 1 is 0.950 bits per heavy atom. The minimum absolute atomic E-state index is 0.0288. The molecule has 0 aliphatic heterocycles. The molecule has 4 rings (SSSR count). The molecule has 208 valence electrons. The van der Waals surface area contributed by atoms with Crippen molar-refractivity contribution in [2.24, 2.45) is 0 Å². The van der Waals surface area contributed by atoms with Gasteiger partial charge in [-0.1, -0.05) is 36.4 Å². The number of benzene rings is 3. The van der Waals surface area contributed by atoms with E-state index in [-0.39, 0.29) is 24.0 Å². The molecule has 1 amide bonds. The van der Waals surface area contributed by atoms with Gasteiger partial charge in [0.25, 0.3) is 5.91 Å². The SMILES string of the molecule is CCOC(=O)CNS(=O)(=O)c1cc(-c2nnc(Nc3ccc(OCC(=O)NC)cc3)c3ccccc23)ccc1C. The molecule has 1 heterocycles. The average Bonchev–Trinajstić information content (AvgIpc) is 2.96. The number of rotatable bonds is 11. The highest BCUT2D eigenvalue weighted by Gasteiger charge is 2.21. The first-order valence-electron chi connectivity index (χ1n) is 12.4. The van der Waals surface area contributed by atoms with E-state index in [4.69, 9.17) is 9.47 Å². The first kappa shape index (κ1) is 28.5. The van der Waals surface area contributed by atoms with E-state index in [0.29, 0.717) is 28.4 Å². The fraction of sp³-hybridized carbons (Fsp3) is 0.214. The summed E-state index contributed by atoms with van der Waals surface area (Å²) in [5.74, 6) is 0.165. The van der Waals surface area contributed by atoms with Gasteiger partial charge < -0.3 is 20.1 Å². The van der Waals surface area contributed by atoms with E-state index in [2.05, 4.69) is 25.6 Å². The van der Waals surface area contributed by atoms with Crippen LogP contribution in [0.15, 0.2) is 71.6 Å². The van der Waals surface area contributed by atoms with E-state index in [9.17, 15) is 18.0 Å². The number of sulfonamides is 1. The Morgan fingerprint density at radius 2 is 1.68 bits per heavy atom. The molecule has 12 heteroatoms. The Balaban J connectivity index is 1.62. The minimum Gasteiger partial charge on any atom is -0.484 e. The molecule has 3 aromatic carbocycles. The first-order valence-corrected chi connectivity index (χ1v) is 13.9. The van der Waals surface area contributed by atoms with Crippen LogP contribution in [0.1, 0.15) is 12.5 Å². The predicted molar refractivity (Wildman–Crippen MR) is 151 cm³/mol. The zero-order valence-corrected chi connectivity index (χ0v) is 23.0. The molecule has 0 fully saturated rings. The van der Waals surface area contributed by atoms with Crippen LogP contribution in [0.25, 0.3) is 22.0 Å². The van der Waals surface area contributed by atoms with Crippen molar-refractivity contribution in [1.82, 2.24) is 20.2 Å². The van der Waals surface area contributed by atoms with Gasteiger partial charge in [-0.3, -0.25) is 9.59 Å². The average molecular weight is 564 g/mol. The molecule has 0 aliphatic carbocycles. The summed E-state index contributed by atoms with van der Waals surface area (Å²) >= 11 is 0. The number of hydrogen-bond donors (Lipinski definition) is 3. The Labute approximate surface area is 232 Å². The number of nitrogens with zero attached hydrogens (tertiary/aromatic N) is 2. The number of hydrogen-bond acceptors (Lipinski definition) is 9. The molecule has 11 nitrogen and oxygen atoms in total. The molecule has 0 saturated heterocycles. The van der Waals surface area contributed by atoms with Crippen molar-refractivity contribution >= 4 is 44.2 Å². The van der Waals surface area contributed by atoms with Crippen molar-refractivity contribution in [3.05, 3.63) is 72.3 Å². The van der Waals surface area contributed by atoms with Crippen LogP contribution >= 0.6 is 0 Å². The molecular weight excluding hydrogens is 534 g/mol. The predicted octanol–water partition coefficient (Wildman–Crippen LogP) is 3.32. The Kier molecular flexibility index (Phi) is 8.92. The minimum atomic E-state index is -3.99. The van der Waals surface area contributed by atoms with Crippen LogP contribution in [0.2, 0.25) is 0 Å². The van der Waals surface area contributed by atoms with Gasteiger partial charge in [-0.15, -0.1) is 10.2 Å². The van der Waals surface area contributed by atoms with Gasteiger partial charge in [-0.2, -0.15) is 4.72 Å². The number of carbonyl (C=O) groups is 2. The molecule has 0 aliphatic rings. The molecule has 3 N–H and O–H groups in total. The molecule has 40 heavy (non-hydrogen) atoms. The zero-order valence-electron chi connectivity index (χ0n) is 22.2. The number of aromatic nitrogens is 2. The summed E-state index contributed by atoms with van der Waals surface area (Å²) in [5, 5.41) is 16.1. The van der Waals surface area contributed by atoms with Gasteiger partial charge in [0.15, 0.2) is 12.4 Å². The van der Waals surface area contributed by atoms with E-state index >= 15 is 0 Å². The van der Waals surface area contributed by atoms with Crippen molar-refractivity contribution in [3.63, 3.8) is 0 Å². The molecule has 0 atom stereocenters. The van der Waals surface area contributed by atoms with Crippen molar-refractivity contribution in [2.75, 3.05) is 32.1 Å². The number of amides is 1. The second-order valence-electron chi connectivity index (χ2n) is 8.66. The summed E-state index contributed by atoms with van der Waals surface area (Å²) in [4.78, 5) is 23.1. The molecular formula is C28H29N5O6S. The van der Waals surface area contributed by atoms with Crippen LogP contribution < -0.4 is 20.1 Å². The van der Waals surface area contributed by atoms with Crippen LogP contribution in [-0.4, -0.2) is 57.3 Å². The maximum Gasteiger partial charge on any atom is 0.321 e. The van der Waals surface area contributed by atoms with Gasteiger partial charge in [0.05, 0.1) is 11.5 Å². The molecule has 0 bridgehead atoms. The Bertz CT molecular complexity index is 1640. The van der Waals surface area contributed by atoms with Crippen LogP contribution in [-0.2, 0) is 24.3 Å². The van der Waals surface area contributed by atoms with Crippen LogP contribution in [0.3, 0.4) is 0 Å². The number of aryl methyl sites for hydroxylation is 1. The summed E-state index contributed by atoms with van der Waals surface area (Å²) in [7, 11) is -2.45. The monoisotopic (exact) mass is 563 g/mol. The number of fused-ring (bicyclic) bond motifs is 1. The molecule has 4 aromatic rings. The van der Waals surface area contributed by atoms with Crippen LogP contribution in [0.4, 0.5) is 11.5 Å². The second-order valence-corrected chi connectivity index (χ2v) is 10.4. The van der Waals surface area contributed by atoms with Gasteiger partial charge in [0.1, 0.15) is 18.0 Å². The highest BCUT2D eigenvalue weighted by molar-refractivity contribution is 7.89. The van der Waals surface area contributed by atoms with E-state index in [1.807, 2.05) is 24.3 Å². The lowest BCUT2D eigenvalue weighted by Gasteiger charge is -2.14. The lowest BCUT2D eigenvalue weighted by atomic mass is 10.0. The third kappa shape index (κ3) is 6.71. The number of anilines is 2. The maximum absolute atomic E-state index is 13.0. The maximum atomic E-state index is 13.0. The number of ether oxygens (including phenoxy) is 2. The molecule has 0 spiro atoms. The normalized spacial score (nSPS) is 11.2. The van der Waals surface area contributed by atoms with Crippen LogP contribution in [0, 0.1) is 6.92 Å². The number of carbonyl (C=O) groups excluding carboxylic acids is 2. The molecule has 1 aromatic heterocycles. The third-order valence-electron chi connectivity index (χ3n) is 5.92. The summed E-state index contributed by atoms with van der Waals surface area (Å²) in [6.45, 7) is 2.93. The zero-order chi connectivity index (χ0) is 28.7. The van der Waals surface area contributed by atoms with Gasteiger partial charge in [0.2, 0.25) is 10.0 Å². The smallest absolute Gasteiger partial charge is 0.321 e. The van der Waals surface area contributed by atoms with E-state index in [1.165, 1.54) is 6.07 Å². The lowest BCUT2D eigenvalue weighted by molar-refractivity contribution is -0.141. The lowest BCUT2D eigenvalue weighted by Crippen LogP contribution is -2.31. The van der Waals surface area contributed by atoms with Crippen molar-refractivity contribution < 1.29 is 27.5 Å². The van der Waals surface area contributed by atoms with Crippen molar-refractivity contribution in [2.45, 2.75) is 18.7 Å². The topological polar surface area (TPSA) is 149 Å². The number of likely N-dealkylation sites (N-methyl/N-ethyl adjacent to an activating group) is 1. The van der Waals surface area contributed by atoms with Gasteiger partial charge >= 0.3 is 5.97 Å². The summed E-state index contributed by atoms with van der Waals surface area (Å²) < 4.78 is 38.5. The Hall–Kier alpha value is -4.55. The fourth-order valence-electron chi connectivity index (χ4n) is 3.88. The highest BCUT2D eigenvalue weighted by atomic mass is 32.2. The van der Waals surface area contributed by atoms with E-state index < -0.39 is 22.5 Å². The molecule has 0 saturated carbocycles. The van der Waals surface area contributed by atoms with Gasteiger partial charge in [-0.25, -0.2) is 8.42 Å². The van der Waals surface area contributed by atoms with Crippen molar-refractivity contribution in [1.29, 1.82) is 0 Å². The number of esters is 1. The summed E-state index contributed by atoms with van der Waals surface area (Å²) in [5.41, 5.74) is 2.30. The molecule has 0 radical (unpaired) electrons. The highest BCUT2D eigenvalue weighted by Crippen LogP contribution is 2.33. The summed E-state index contributed by atoms with van der Waals surface area (Å²) in [6, 6.07) is 19.6. The van der Waals surface area contributed by atoms with Crippen molar-refractivity contribution in [3.8, 4) is 17.0 Å². The first-order chi connectivity index (χ1) is 19.2. The fourth-order valence-corrected chi connectivity index (χ4v) is 5.12. The standard InChI is InChI=1S/C28H29N5O6S/c1-4-38-26(35)16-30-40(36,37)24-15-19(10-9-18(24)2)27-22-7-5-6-8-23(22)28(33-32-27)31-20-11-13-21(14-12-20)39-17-25(34)29-3/h5-15,30H,4,16-17H2,1-3H3,(H,29,34)(H,31,33). The summed E-state index contributed by atoms with van der Waals surface area (Å²) in [6.07, 6.45) is 0. The van der Waals surface area contributed by atoms with Gasteiger partial charge in [0, 0.05) is 29.1 Å². The number of nitrogens with one attached hydrogen (secondary N) is 3. The van der Waals surface area contributed by atoms with Gasteiger partial charge in [-0.05, 0) is 49.7 Å². The van der Waals surface area contributed by atoms with E-state index in [1.54, 1.807) is 57.3 Å². The Morgan fingerprint density at radius 3 is 2.38 bits per heavy atom. The second kappa shape index (κ2) is 12.5. The van der Waals surface area contributed by atoms with E-state index in [0.717, 1.165) is 16.5 Å². The molecule has 0 unspecified atom stereocenters.